The summed E-state index contributed by atoms with van der Waals surface area (Å²) < 4.78 is 18.0. The summed E-state index contributed by atoms with van der Waals surface area (Å²) in [6.45, 7) is 9.97. The molecule has 3 saturated heterocycles. The highest BCUT2D eigenvalue weighted by molar-refractivity contribution is 6.01. The van der Waals surface area contributed by atoms with Gasteiger partial charge in [0.05, 0.1) is 17.6 Å². The summed E-state index contributed by atoms with van der Waals surface area (Å²) in [5, 5.41) is 22.3. The lowest BCUT2D eigenvalue weighted by Gasteiger charge is -2.59. The Kier molecular flexibility index (Phi) is 4.14. The van der Waals surface area contributed by atoms with Gasteiger partial charge in [-0.3, -0.25) is 9.59 Å². The van der Waals surface area contributed by atoms with E-state index in [1.807, 2.05) is 27.7 Å². The molecule has 0 spiro atoms. The van der Waals surface area contributed by atoms with Gasteiger partial charge in [-0.2, -0.15) is 0 Å². The number of allylic oxidation sites excluding steroid dienone is 2. The van der Waals surface area contributed by atoms with E-state index in [-0.39, 0.29) is 53.0 Å². The van der Waals surface area contributed by atoms with E-state index in [1.165, 1.54) is 0 Å². The summed E-state index contributed by atoms with van der Waals surface area (Å²) in [5.41, 5.74) is -1.82. The number of ketones is 2. The Morgan fingerprint density at radius 2 is 1.86 bits per heavy atom. The van der Waals surface area contributed by atoms with Crippen molar-refractivity contribution >= 4 is 11.6 Å². The normalized spacial score (nSPS) is 61.3. The van der Waals surface area contributed by atoms with Gasteiger partial charge in [0.1, 0.15) is 22.9 Å². The quantitative estimate of drug-likeness (QED) is 0.435. The van der Waals surface area contributed by atoms with Gasteiger partial charge in [0.25, 0.3) is 0 Å². The first-order valence-corrected chi connectivity index (χ1v) is 13.2. The maximum Gasteiger partial charge on any atom is 0.187 e. The second-order valence-electron chi connectivity index (χ2n) is 13.2. The first-order chi connectivity index (χ1) is 16.3. The van der Waals surface area contributed by atoms with Crippen LogP contribution < -0.4 is 0 Å². The number of carbonyl (C=O) groups is 2. The molecule has 0 aromatic heterocycles. The van der Waals surface area contributed by atoms with Crippen LogP contribution in [0.25, 0.3) is 0 Å². The zero-order chi connectivity index (χ0) is 24.9. The molecule has 7 heteroatoms. The molecule has 3 aliphatic heterocycles. The first kappa shape index (κ1) is 22.8. The fourth-order valence-corrected chi connectivity index (χ4v) is 9.39. The average Bonchev–Trinajstić information content (AvgIpc) is 3.66. The highest BCUT2D eigenvalue weighted by atomic mass is 16.7. The zero-order valence-corrected chi connectivity index (χ0v) is 21.2. The lowest BCUT2D eigenvalue weighted by atomic mass is 9.44. The molecule has 0 aromatic rings. The molecule has 0 aromatic carbocycles. The van der Waals surface area contributed by atoms with E-state index in [9.17, 15) is 19.8 Å². The summed E-state index contributed by atoms with van der Waals surface area (Å²) in [7, 11) is 0. The second kappa shape index (κ2) is 6.36. The number of hydrogen-bond donors (Lipinski definition) is 2. The third-order valence-electron chi connectivity index (χ3n) is 11.9. The van der Waals surface area contributed by atoms with Crippen LogP contribution >= 0.6 is 0 Å². The zero-order valence-electron chi connectivity index (χ0n) is 21.2. The standard InChI is InChI=1S/C28H36O7/c1-13(17-12-25(3)27(5,35-25)23(31)33-17)20-16(29)11-15-19-14(8-10-24(15,20)2)26(4)18(30)7-6-9-28(26,32)22-21(19)34-22/h6-7,14-15,17,19,21-23,31-32H,8-12H2,1-5H3/b20-13+/t14-,15-,17+,19+,21-,22-,23+,24-,25-,26-,27+,28-/m0/s1. The van der Waals surface area contributed by atoms with Gasteiger partial charge < -0.3 is 24.4 Å². The number of rotatable bonds is 1. The lowest BCUT2D eigenvalue weighted by molar-refractivity contribution is -0.179. The topological polar surface area (TPSA) is 109 Å². The van der Waals surface area contributed by atoms with Crippen molar-refractivity contribution in [3.63, 3.8) is 0 Å². The van der Waals surface area contributed by atoms with E-state index < -0.39 is 28.5 Å². The molecule has 190 valence electrons. The van der Waals surface area contributed by atoms with Crippen molar-refractivity contribution in [3.05, 3.63) is 23.3 Å². The monoisotopic (exact) mass is 484 g/mol. The molecule has 35 heavy (non-hydrogen) atoms. The molecule has 0 bridgehead atoms. The number of Topliss-reactive ketones (excluding diaryl/α,β-unsaturated/α-hetero) is 1. The Bertz CT molecular complexity index is 1130. The van der Waals surface area contributed by atoms with Gasteiger partial charge in [0.15, 0.2) is 17.9 Å². The molecule has 0 unspecified atom stereocenters. The van der Waals surface area contributed by atoms with Crippen molar-refractivity contribution in [2.75, 3.05) is 0 Å². The van der Waals surface area contributed by atoms with E-state index in [4.69, 9.17) is 14.2 Å². The predicted octanol–water partition coefficient (Wildman–Crippen LogP) is 2.63. The molecule has 6 fully saturated rings. The maximum atomic E-state index is 13.7. The summed E-state index contributed by atoms with van der Waals surface area (Å²) >= 11 is 0. The van der Waals surface area contributed by atoms with Crippen molar-refractivity contribution in [2.45, 2.75) is 108 Å². The van der Waals surface area contributed by atoms with Crippen molar-refractivity contribution < 1.29 is 34.0 Å². The third kappa shape index (κ3) is 2.41. The van der Waals surface area contributed by atoms with Crippen molar-refractivity contribution in [1.29, 1.82) is 0 Å². The van der Waals surface area contributed by atoms with Crippen molar-refractivity contribution in [1.82, 2.24) is 0 Å². The van der Waals surface area contributed by atoms with Crippen LogP contribution in [0.3, 0.4) is 0 Å². The Morgan fingerprint density at radius 3 is 2.57 bits per heavy atom. The van der Waals surface area contributed by atoms with Gasteiger partial charge in [0, 0.05) is 18.4 Å². The molecule has 0 amide bonds. The lowest BCUT2D eigenvalue weighted by Crippen LogP contribution is -2.67. The summed E-state index contributed by atoms with van der Waals surface area (Å²) in [6, 6.07) is 0. The molecule has 7 rings (SSSR count). The van der Waals surface area contributed by atoms with Crippen LogP contribution in [0.4, 0.5) is 0 Å². The van der Waals surface area contributed by atoms with E-state index in [1.54, 1.807) is 12.2 Å². The fraction of sp³-hybridized carbons (Fsp3) is 0.786. The SMILES string of the molecule is C/C(=C1/C(=O)C[C@H]2[C@@H]3[C@@H]4O[C@@H]4[C@@]4(O)CC=CC(=O)[C@]4(C)[C@H]3CC[C@]12C)[C@H]1C[C@]2(C)O[C@]2(C)[C@H](O)O1. The number of aliphatic hydroxyl groups is 2. The van der Waals surface area contributed by atoms with Gasteiger partial charge in [-0.05, 0) is 81.8 Å². The van der Waals surface area contributed by atoms with Gasteiger partial charge in [-0.15, -0.1) is 0 Å². The second-order valence-corrected chi connectivity index (χ2v) is 13.2. The summed E-state index contributed by atoms with van der Waals surface area (Å²) in [6.07, 6.45) is 4.57. The fourth-order valence-electron chi connectivity index (χ4n) is 9.39. The number of fused-ring (bicyclic) bond motifs is 9. The summed E-state index contributed by atoms with van der Waals surface area (Å²) in [5.74, 6) is 0.216. The number of aliphatic hydroxyl groups excluding tert-OH is 1. The number of ether oxygens (including phenoxy) is 3. The molecule has 0 radical (unpaired) electrons. The molecular formula is C28H36O7. The van der Waals surface area contributed by atoms with Crippen LogP contribution in [0.1, 0.15) is 66.7 Å². The number of carbonyl (C=O) groups excluding carboxylic acids is 2. The van der Waals surface area contributed by atoms with Crippen molar-refractivity contribution in [2.24, 2.45) is 28.6 Å². The number of epoxide rings is 2. The highest BCUT2D eigenvalue weighted by Crippen LogP contribution is 2.71. The minimum Gasteiger partial charge on any atom is -0.386 e. The van der Waals surface area contributed by atoms with Gasteiger partial charge in [0.2, 0.25) is 0 Å². The Balaban J connectivity index is 1.26. The van der Waals surface area contributed by atoms with Gasteiger partial charge in [-0.25, -0.2) is 0 Å². The maximum absolute atomic E-state index is 13.7. The summed E-state index contributed by atoms with van der Waals surface area (Å²) in [4.78, 5) is 26.9. The molecule has 4 aliphatic carbocycles. The van der Waals surface area contributed by atoms with Crippen LogP contribution in [0.2, 0.25) is 0 Å². The smallest absolute Gasteiger partial charge is 0.187 e. The Hall–Kier alpha value is -1.38. The van der Waals surface area contributed by atoms with Gasteiger partial charge >= 0.3 is 0 Å². The molecule has 7 aliphatic rings. The Morgan fingerprint density at radius 1 is 1.11 bits per heavy atom. The minimum atomic E-state index is -1.17. The largest absolute Gasteiger partial charge is 0.386 e. The minimum absolute atomic E-state index is 0.0135. The van der Waals surface area contributed by atoms with Crippen molar-refractivity contribution in [3.8, 4) is 0 Å². The molecule has 2 N–H and O–H groups in total. The van der Waals surface area contributed by atoms with E-state index >= 15 is 0 Å². The molecule has 7 nitrogen and oxygen atoms in total. The molecule has 3 saturated carbocycles. The predicted molar refractivity (Wildman–Crippen MR) is 124 cm³/mol. The van der Waals surface area contributed by atoms with Gasteiger partial charge in [-0.1, -0.05) is 13.0 Å². The van der Waals surface area contributed by atoms with Crippen LogP contribution in [-0.2, 0) is 23.8 Å². The Labute approximate surface area is 205 Å². The molecule has 3 heterocycles. The van der Waals surface area contributed by atoms with E-state index in [2.05, 4.69) is 6.92 Å². The van der Waals surface area contributed by atoms with Crippen LogP contribution in [-0.4, -0.2) is 63.2 Å². The van der Waals surface area contributed by atoms with E-state index in [0.717, 1.165) is 24.0 Å². The van der Waals surface area contributed by atoms with Crippen LogP contribution in [0.15, 0.2) is 23.3 Å². The van der Waals surface area contributed by atoms with Crippen LogP contribution in [0, 0.1) is 28.6 Å². The average molecular weight is 485 g/mol. The van der Waals surface area contributed by atoms with E-state index in [0.29, 0.717) is 19.3 Å². The third-order valence-corrected chi connectivity index (χ3v) is 11.9. The molecule has 12 atom stereocenters. The number of hydrogen-bond acceptors (Lipinski definition) is 7. The van der Waals surface area contributed by atoms with Crippen LogP contribution in [0.5, 0.6) is 0 Å². The molecular weight excluding hydrogens is 448 g/mol. The highest BCUT2D eigenvalue weighted by Gasteiger charge is 2.78. The first-order valence-electron chi connectivity index (χ1n) is 13.2.